The van der Waals surface area contributed by atoms with Crippen LogP contribution in [0.4, 0.5) is 13.2 Å². The van der Waals surface area contributed by atoms with Crippen molar-refractivity contribution in [2.75, 3.05) is 0 Å². The molecule has 0 saturated heterocycles. The molecule has 160 valence electrons. The van der Waals surface area contributed by atoms with Gasteiger partial charge in [-0.1, -0.05) is 60.2 Å². The van der Waals surface area contributed by atoms with Gasteiger partial charge in [0.2, 0.25) is 0 Å². The average Bonchev–Trinajstić information content (AvgIpc) is 2.79. The van der Waals surface area contributed by atoms with Crippen LogP contribution in [0.1, 0.15) is 21.5 Å². The van der Waals surface area contributed by atoms with Crippen molar-refractivity contribution in [2.45, 2.75) is 13.8 Å². The molecular formula is C27H19F3O2. The van der Waals surface area contributed by atoms with Crippen molar-refractivity contribution >= 4 is 5.97 Å². The van der Waals surface area contributed by atoms with Gasteiger partial charge in [-0.15, -0.1) is 0 Å². The molecule has 4 aromatic rings. The Hall–Kier alpha value is -3.86. The summed E-state index contributed by atoms with van der Waals surface area (Å²) in [5.41, 5.74) is 2.83. The van der Waals surface area contributed by atoms with Crippen molar-refractivity contribution in [2.24, 2.45) is 0 Å². The summed E-state index contributed by atoms with van der Waals surface area (Å²) in [5, 5.41) is 0. The van der Waals surface area contributed by atoms with Gasteiger partial charge in [0, 0.05) is 11.1 Å². The van der Waals surface area contributed by atoms with Crippen LogP contribution in [0.25, 0.3) is 22.3 Å². The third kappa shape index (κ3) is 4.28. The van der Waals surface area contributed by atoms with E-state index in [9.17, 15) is 18.0 Å². The summed E-state index contributed by atoms with van der Waals surface area (Å²) in [6, 6.07) is 20.3. The van der Waals surface area contributed by atoms with Gasteiger partial charge >= 0.3 is 5.97 Å². The third-order valence-corrected chi connectivity index (χ3v) is 5.23. The number of carbonyl (C=O) groups excluding carboxylic acids is 1. The minimum atomic E-state index is -0.956. The van der Waals surface area contributed by atoms with E-state index in [-0.39, 0.29) is 22.4 Å². The van der Waals surface area contributed by atoms with Gasteiger partial charge < -0.3 is 4.74 Å². The molecule has 0 saturated carbocycles. The maximum atomic E-state index is 14.8. The second-order valence-corrected chi connectivity index (χ2v) is 7.53. The second-order valence-electron chi connectivity index (χ2n) is 7.53. The second kappa shape index (κ2) is 8.71. The first-order valence-corrected chi connectivity index (χ1v) is 9.97. The quantitative estimate of drug-likeness (QED) is 0.250. The molecule has 0 spiro atoms. The van der Waals surface area contributed by atoms with Gasteiger partial charge in [-0.05, 0) is 54.8 Å². The zero-order valence-corrected chi connectivity index (χ0v) is 17.5. The van der Waals surface area contributed by atoms with Crippen molar-refractivity contribution in [1.29, 1.82) is 0 Å². The highest BCUT2D eigenvalue weighted by Gasteiger charge is 2.16. The Morgan fingerprint density at radius 3 is 1.75 bits per heavy atom. The molecule has 0 heterocycles. The van der Waals surface area contributed by atoms with E-state index in [0.717, 1.165) is 11.6 Å². The van der Waals surface area contributed by atoms with E-state index < -0.39 is 23.4 Å². The van der Waals surface area contributed by atoms with Crippen LogP contribution in [0.2, 0.25) is 0 Å². The minimum Gasteiger partial charge on any atom is -0.423 e. The fourth-order valence-corrected chi connectivity index (χ4v) is 3.32. The smallest absolute Gasteiger partial charge is 0.343 e. The first kappa shape index (κ1) is 21.4. The van der Waals surface area contributed by atoms with Crippen molar-refractivity contribution in [3.05, 3.63) is 113 Å². The zero-order chi connectivity index (χ0) is 22.8. The Balaban J connectivity index is 1.56. The molecular weight excluding hydrogens is 413 g/mol. The maximum absolute atomic E-state index is 14.8. The number of benzene rings is 4. The molecule has 0 N–H and O–H groups in total. The molecule has 0 atom stereocenters. The van der Waals surface area contributed by atoms with E-state index in [4.69, 9.17) is 4.74 Å². The number of aryl methyl sites for hydroxylation is 2. The molecule has 0 aromatic heterocycles. The van der Waals surface area contributed by atoms with E-state index in [0.29, 0.717) is 16.7 Å². The molecule has 0 aliphatic carbocycles. The van der Waals surface area contributed by atoms with Crippen LogP contribution in [0.15, 0.2) is 78.9 Å². The third-order valence-electron chi connectivity index (χ3n) is 5.23. The van der Waals surface area contributed by atoms with Gasteiger partial charge in [0.15, 0.2) is 11.6 Å². The van der Waals surface area contributed by atoms with Crippen molar-refractivity contribution in [3.63, 3.8) is 0 Å². The van der Waals surface area contributed by atoms with Gasteiger partial charge in [0.05, 0.1) is 5.56 Å². The number of esters is 1. The van der Waals surface area contributed by atoms with Crippen LogP contribution in [-0.4, -0.2) is 5.97 Å². The van der Waals surface area contributed by atoms with Gasteiger partial charge in [-0.25, -0.2) is 18.0 Å². The van der Waals surface area contributed by atoms with Crippen LogP contribution in [0.5, 0.6) is 5.75 Å². The molecule has 4 aromatic carbocycles. The minimum absolute atomic E-state index is 0.0805. The molecule has 0 bridgehead atoms. The van der Waals surface area contributed by atoms with E-state index in [2.05, 4.69) is 0 Å². The lowest BCUT2D eigenvalue weighted by molar-refractivity contribution is 0.0734. The Morgan fingerprint density at radius 2 is 1.22 bits per heavy atom. The van der Waals surface area contributed by atoms with Crippen LogP contribution in [0.3, 0.4) is 0 Å². The van der Waals surface area contributed by atoms with E-state index in [1.807, 2.05) is 19.1 Å². The largest absolute Gasteiger partial charge is 0.423 e. The van der Waals surface area contributed by atoms with Gasteiger partial charge in [-0.3, -0.25) is 0 Å². The van der Waals surface area contributed by atoms with Crippen LogP contribution in [0, 0.1) is 31.3 Å². The predicted octanol–water partition coefficient (Wildman–Crippen LogP) is 7.27. The topological polar surface area (TPSA) is 26.3 Å². The van der Waals surface area contributed by atoms with E-state index >= 15 is 0 Å². The summed E-state index contributed by atoms with van der Waals surface area (Å²) < 4.78 is 48.5. The fraction of sp³-hybridized carbons (Fsp3) is 0.0741. The number of hydrogen-bond donors (Lipinski definition) is 0. The standard InChI is InChI=1S/C27H19F3O2/c1-16-3-6-18(7-4-16)22-13-14-23(26(30)25(22)29)19-9-11-21(12-10-19)32-27(31)20-8-5-17(2)24(28)15-20/h3-15H,1-2H3. The summed E-state index contributed by atoms with van der Waals surface area (Å²) in [4.78, 5) is 12.2. The summed E-state index contributed by atoms with van der Waals surface area (Å²) in [6.07, 6.45) is 0. The first-order valence-electron chi connectivity index (χ1n) is 9.97. The van der Waals surface area contributed by atoms with E-state index in [1.165, 1.54) is 48.5 Å². The molecule has 0 aliphatic rings. The average molecular weight is 432 g/mol. The normalized spacial score (nSPS) is 10.8. The Morgan fingerprint density at radius 1 is 0.688 bits per heavy atom. The number of rotatable bonds is 4. The summed E-state index contributed by atoms with van der Waals surface area (Å²) in [5.74, 6) is -2.89. The summed E-state index contributed by atoms with van der Waals surface area (Å²) in [7, 11) is 0. The molecule has 0 amide bonds. The molecule has 4 rings (SSSR count). The predicted molar refractivity (Wildman–Crippen MR) is 118 cm³/mol. The molecule has 2 nitrogen and oxygen atoms in total. The van der Waals surface area contributed by atoms with Gasteiger partial charge in [0.1, 0.15) is 11.6 Å². The monoisotopic (exact) mass is 432 g/mol. The number of ether oxygens (including phenoxy) is 1. The van der Waals surface area contributed by atoms with Crippen molar-refractivity contribution in [3.8, 4) is 28.0 Å². The highest BCUT2D eigenvalue weighted by atomic mass is 19.2. The van der Waals surface area contributed by atoms with Crippen molar-refractivity contribution in [1.82, 2.24) is 0 Å². The molecule has 0 aliphatic heterocycles. The Bertz CT molecular complexity index is 1290. The number of carbonyl (C=O) groups is 1. The van der Waals surface area contributed by atoms with Crippen LogP contribution >= 0.6 is 0 Å². The fourth-order valence-electron chi connectivity index (χ4n) is 3.32. The van der Waals surface area contributed by atoms with Gasteiger partial charge in [-0.2, -0.15) is 0 Å². The number of hydrogen-bond acceptors (Lipinski definition) is 2. The molecule has 0 fully saturated rings. The van der Waals surface area contributed by atoms with Gasteiger partial charge in [0.25, 0.3) is 0 Å². The SMILES string of the molecule is Cc1ccc(-c2ccc(-c3ccc(OC(=O)c4ccc(C)c(F)c4)cc3)c(F)c2F)cc1. The lowest BCUT2D eigenvalue weighted by atomic mass is 9.98. The molecule has 32 heavy (non-hydrogen) atoms. The lowest BCUT2D eigenvalue weighted by Crippen LogP contribution is -2.09. The summed E-state index contributed by atoms with van der Waals surface area (Å²) >= 11 is 0. The Labute approximate surface area is 183 Å². The van der Waals surface area contributed by atoms with Crippen LogP contribution in [-0.2, 0) is 0 Å². The zero-order valence-electron chi connectivity index (χ0n) is 17.5. The number of halogens is 3. The highest BCUT2D eigenvalue weighted by Crippen LogP contribution is 2.32. The van der Waals surface area contributed by atoms with E-state index in [1.54, 1.807) is 19.1 Å². The maximum Gasteiger partial charge on any atom is 0.343 e. The first-order chi connectivity index (χ1) is 15.3. The molecule has 5 heteroatoms. The summed E-state index contributed by atoms with van der Waals surface area (Å²) in [6.45, 7) is 3.52. The molecule has 0 unspecified atom stereocenters. The lowest BCUT2D eigenvalue weighted by Gasteiger charge is -2.10. The highest BCUT2D eigenvalue weighted by molar-refractivity contribution is 5.91. The Kier molecular flexibility index (Phi) is 5.82. The van der Waals surface area contributed by atoms with Crippen LogP contribution < -0.4 is 4.74 Å². The molecule has 0 radical (unpaired) electrons. The van der Waals surface area contributed by atoms with Crippen molar-refractivity contribution < 1.29 is 22.7 Å².